The van der Waals surface area contributed by atoms with E-state index >= 15 is 0 Å². The van der Waals surface area contributed by atoms with Gasteiger partial charge in [0.1, 0.15) is 0 Å². The second-order valence-corrected chi connectivity index (χ2v) is 6.35. The van der Waals surface area contributed by atoms with E-state index in [0.717, 1.165) is 10.6 Å². The number of ether oxygens (including phenoxy) is 1. The van der Waals surface area contributed by atoms with Crippen molar-refractivity contribution in [1.82, 2.24) is 4.98 Å². The van der Waals surface area contributed by atoms with E-state index in [2.05, 4.69) is 4.98 Å². The summed E-state index contributed by atoms with van der Waals surface area (Å²) in [6.07, 6.45) is 3.82. The lowest BCUT2D eigenvalue weighted by Crippen LogP contribution is -2.25. The van der Waals surface area contributed by atoms with Crippen LogP contribution in [0, 0.1) is 0 Å². The Bertz CT molecular complexity index is 760. The second-order valence-electron chi connectivity index (χ2n) is 4.52. The number of sulfonamides is 1. The lowest BCUT2D eigenvalue weighted by molar-refractivity contribution is 0.0526. The van der Waals surface area contributed by atoms with Gasteiger partial charge < -0.3 is 4.74 Å². The summed E-state index contributed by atoms with van der Waals surface area (Å²) in [6, 6.07) is 10.0. The number of carbonyl (C=O) groups excluding carboxylic acids is 1. The predicted octanol–water partition coefficient (Wildman–Crippen LogP) is 2.36. The Hall–Kier alpha value is -2.41. The van der Waals surface area contributed by atoms with E-state index in [4.69, 9.17) is 4.74 Å². The third kappa shape index (κ3) is 3.62. The number of carbonyl (C=O) groups is 1. The van der Waals surface area contributed by atoms with Crippen molar-refractivity contribution in [3.8, 4) is 0 Å². The van der Waals surface area contributed by atoms with E-state index in [1.165, 1.54) is 18.5 Å². The molecule has 0 aliphatic carbocycles. The first-order chi connectivity index (χ1) is 10.4. The van der Waals surface area contributed by atoms with E-state index in [9.17, 15) is 13.2 Å². The van der Waals surface area contributed by atoms with Crippen LogP contribution in [0.4, 0.5) is 11.4 Å². The second kappa shape index (κ2) is 6.57. The van der Waals surface area contributed by atoms with Crippen molar-refractivity contribution in [2.75, 3.05) is 17.2 Å². The molecule has 7 heteroatoms. The highest BCUT2D eigenvalue weighted by Crippen LogP contribution is 2.28. The first-order valence-electron chi connectivity index (χ1n) is 6.61. The molecule has 0 aliphatic heterocycles. The first-order valence-corrected chi connectivity index (χ1v) is 8.46. The highest BCUT2D eigenvalue weighted by atomic mass is 32.2. The zero-order valence-corrected chi connectivity index (χ0v) is 13.1. The fourth-order valence-corrected chi connectivity index (χ4v) is 2.95. The molecular weight excluding hydrogens is 304 g/mol. The molecule has 6 nitrogen and oxygen atoms in total. The summed E-state index contributed by atoms with van der Waals surface area (Å²) in [5, 5.41) is 0. The predicted molar refractivity (Wildman–Crippen MR) is 83.6 cm³/mol. The Labute approximate surface area is 129 Å². The van der Waals surface area contributed by atoms with Crippen LogP contribution in [0.3, 0.4) is 0 Å². The molecule has 1 aromatic heterocycles. The van der Waals surface area contributed by atoms with E-state index in [-0.39, 0.29) is 17.9 Å². The zero-order chi connectivity index (χ0) is 16.2. The van der Waals surface area contributed by atoms with E-state index in [1.54, 1.807) is 37.3 Å². The molecule has 2 rings (SSSR count). The van der Waals surface area contributed by atoms with Gasteiger partial charge in [-0.05, 0) is 25.1 Å². The molecular formula is C15H16N2O4S. The number of esters is 1. The molecule has 0 saturated carbocycles. The number of hydrogen-bond acceptors (Lipinski definition) is 5. The van der Waals surface area contributed by atoms with E-state index < -0.39 is 16.0 Å². The molecule has 1 heterocycles. The monoisotopic (exact) mass is 320 g/mol. The molecule has 0 radical (unpaired) electrons. The third-order valence-electron chi connectivity index (χ3n) is 2.79. The highest BCUT2D eigenvalue weighted by Gasteiger charge is 2.21. The van der Waals surface area contributed by atoms with Gasteiger partial charge in [-0.15, -0.1) is 0 Å². The van der Waals surface area contributed by atoms with Crippen molar-refractivity contribution in [3.05, 3.63) is 54.4 Å². The average Bonchev–Trinajstić information content (AvgIpc) is 2.48. The van der Waals surface area contributed by atoms with Crippen LogP contribution in [0.2, 0.25) is 0 Å². The summed E-state index contributed by atoms with van der Waals surface area (Å²) < 4.78 is 30.3. The minimum absolute atomic E-state index is 0.198. The minimum Gasteiger partial charge on any atom is -0.462 e. The molecule has 0 fully saturated rings. The number of para-hydroxylation sites is 1. The number of nitrogens with zero attached hydrogens (tertiary/aromatic N) is 2. The zero-order valence-electron chi connectivity index (χ0n) is 12.3. The largest absolute Gasteiger partial charge is 0.462 e. The molecule has 0 atom stereocenters. The maximum absolute atomic E-state index is 12.1. The lowest BCUT2D eigenvalue weighted by Gasteiger charge is -2.22. The summed E-state index contributed by atoms with van der Waals surface area (Å²) in [6.45, 7) is 1.93. The fourth-order valence-electron chi connectivity index (χ4n) is 1.96. The smallest absolute Gasteiger partial charge is 0.339 e. The van der Waals surface area contributed by atoms with Crippen LogP contribution >= 0.6 is 0 Å². The number of hydrogen-bond donors (Lipinski definition) is 0. The van der Waals surface area contributed by atoms with Gasteiger partial charge in [-0.25, -0.2) is 17.5 Å². The van der Waals surface area contributed by atoms with Gasteiger partial charge >= 0.3 is 5.97 Å². The topological polar surface area (TPSA) is 76.6 Å². The molecule has 116 valence electrons. The molecule has 0 spiro atoms. The van der Waals surface area contributed by atoms with Crippen LogP contribution in [-0.2, 0) is 14.8 Å². The van der Waals surface area contributed by atoms with E-state index in [1.807, 2.05) is 0 Å². The summed E-state index contributed by atoms with van der Waals surface area (Å²) >= 11 is 0. The van der Waals surface area contributed by atoms with Gasteiger partial charge in [-0.1, -0.05) is 18.2 Å². The van der Waals surface area contributed by atoms with Crippen molar-refractivity contribution in [2.45, 2.75) is 6.92 Å². The van der Waals surface area contributed by atoms with Crippen LogP contribution in [0.15, 0.2) is 48.8 Å². The SMILES string of the molecule is CCOC(=O)c1cncc(N(c2ccccc2)S(C)(=O)=O)c1. The van der Waals surface area contributed by atoms with Gasteiger partial charge in [0.05, 0.1) is 36.0 Å². The van der Waals surface area contributed by atoms with Gasteiger partial charge in [0.15, 0.2) is 0 Å². The minimum atomic E-state index is -3.58. The highest BCUT2D eigenvalue weighted by molar-refractivity contribution is 7.92. The van der Waals surface area contributed by atoms with Crippen LogP contribution < -0.4 is 4.31 Å². The van der Waals surface area contributed by atoms with Gasteiger partial charge in [0, 0.05) is 6.20 Å². The Morgan fingerprint density at radius 3 is 2.45 bits per heavy atom. The van der Waals surface area contributed by atoms with Crippen LogP contribution in [-0.4, -0.2) is 32.2 Å². The van der Waals surface area contributed by atoms with Gasteiger partial charge in [-0.3, -0.25) is 4.98 Å². The van der Waals surface area contributed by atoms with Crippen molar-refractivity contribution in [2.24, 2.45) is 0 Å². The lowest BCUT2D eigenvalue weighted by atomic mass is 10.2. The van der Waals surface area contributed by atoms with E-state index in [0.29, 0.717) is 5.69 Å². The standard InChI is InChI=1S/C15H16N2O4S/c1-3-21-15(18)12-9-14(11-16-10-12)17(22(2,19)20)13-7-5-4-6-8-13/h4-11H,3H2,1-2H3. The average molecular weight is 320 g/mol. The van der Waals surface area contributed by atoms with Crippen molar-refractivity contribution in [3.63, 3.8) is 0 Å². The van der Waals surface area contributed by atoms with Gasteiger partial charge in [0.2, 0.25) is 10.0 Å². The molecule has 0 N–H and O–H groups in total. The fraction of sp³-hybridized carbons (Fsp3) is 0.200. The summed E-state index contributed by atoms with van der Waals surface area (Å²) in [7, 11) is -3.58. The molecule has 0 aliphatic rings. The van der Waals surface area contributed by atoms with Crippen LogP contribution in [0.1, 0.15) is 17.3 Å². The molecule has 2 aromatic rings. The maximum Gasteiger partial charge on any atom is 0.339 e. The molecule has 0 bridgehead atoms. The number of benzene rings is 1. The maximum atomic E-state index is 12.1. The third-order valence-corrected chi connectivity index (χ3v) is 3.88. The van der Waals surface area contributed by atoms with Crippen LogP contribution in [0.25, 0.3) is 0 Å². The van der Waals surface area contributed by atoms with Gasteiger partial charge in [0.25, 0.3) is 0 Å². The summed E-state index contributed by atoms with van der Waals surface area (Å²) in [5.41, 5.74) is 0.941. The number of pyridine rings is 1. The Balaban J connectivity index is 2.50. The Morgan fingerprint density at radius 1 is 1.18 bits per heavy atom. The van der Waals surface area contributed by atoms with Crippen molar-refractivity contribution >= 4 is 27.4 Å². The summed E-state index contributed by atoms with van der Waals surface area (Å²) in [4.78, 5) is 15.7. The molecule has 0 amide bonds. The number of rotatable bonds is 5. The Kier molecular flexibility index (Phi) is 4.77. The van der Waals surface area contributed by atoms with Gasteiger partial charge in [-0.2, -0.15) is 0 Å². The molecule has 22 heavy (non-hydrogen) atoms. The summed E-state index contributed by atoms with van der Waals surface area (Å²) in [5.74, 6) is -0.543. The van der Waals surface area contributed by atoms with Crippen molar-refractivity contribution in [1.29, 1.82) is 0 Å². The number of anilines is 2. The first kappa shape index (κ1) is 16.0. The number of aromatic nitrogens is 1. The molecule has 0 unspecified atom stereocenters. The Morgan fingerprint density at radius 2 is 1.86 bits per heavy atom. The van der Waals surface area contributed by atoms with Crippen LogP contribution in [0.5, 0.6) is 0 Å². The van der Waals surface area contributed by atoms with Crippen molar-refractivity contribution < 1.29 is 17.9 Å². The molecule has 0 saturated heterocycles. The quantitative estimate of drug-likeness (QED) is 0.790. The molecule has 1 aromatic carbocycles. The normalized spacial score (nSPS) is 11.0.